The van der Waals surface area contributed by atoms with E-state index < -0.39 is 0 Å². The zero-order valence-electron chi connectivity index (χ0n) is 7.98. The van der Waals surface area contributed by atoms with Gasteiger partial charge in [-0.3, -0.25) is 0 Å². The summed E-state index contributed by atoms with van der Waals surface area (Å²) in [5, 5.41) is 3.91. The van der Waals surface area contributed by atoms with Gasteiger partial charge < -0.3 is 4.74 Å². The van der Waals surface area contributed by atoms with Gasteiger partial charge in [-0.05, 0) is 46.5 Å². The minimum Gasteiger partial charge on any atom is -0.485 e. The Bertz CT molecular complexity index is 460. The van der Waals surface area contributed by atoms with Crippen molar-refractivity contribution in [2.45, 2.75) is 13.5 Å². The molecule has 78 valence electrons. The maximum atomic E-state index is 5.58. The SMILES string of the molecule is Cc1nnsc1COc1cccnc1Br. The molecule has 2 aromatic rings. The molecule has 0 spiro atoms. The van der Waals surface area contributed by atoms with Crippen LogP contribution in [0.4, 0.5) is 0 Å². The van der Waals surface area contributed by atoms with Gasteiger partial charge in [0, 0.05) is 6.20 Å². The molecule has 0 saturated heterocycles. The lowest BCUT2D eigenvalue weighted by Crippen LogP contribution is -1.96. The summed E-state index contributed by atoms with van der Waals surface area (Å²) in [5.74, 6) is 0.727. The summed E-state index contributed by atoms with van der Waals surface area (Å²) in [7, 11) is 0. The van der Waals surface area contributed by atoms with Crippen LogP contribution in [0.15, 0.2) is 22.9 Å². The Morgan fingerprint density at radius 3 is 3.07 bits per heavy atom. The molecule has 0 fully saturated rings. The molecule has 0 radical (unpaired) electrons. The lowest BCUT2D eigenvalue weighted by atomic mass is 10.4. The average Bonchev–Trinajstić information content (AvgIpc) is 2.63. The Kier molecular flexibility index (Phi) is 3.27. The van der Waals surface area contributed by atoms with Crippen molar-refractivity contribution in [1.29, 1.82) is 0 Å². The quantitative estimate of drug-likeness (QED) is 0.814. The van der Waals surface area contributed by atoms with E-state index in [9.17, 15) is 0 Å². The fraction of sp³-hybridized carbons (Fsp3) is 0.222. The summed E-state index contributed by atoms with van der Waals surface area (Å²) in [6.07, 6.45) is 1.70. The van der Waals surface area contributed by atoms with Crippen molar-refractivity contribution in [2.24, 2.45) is 0 Å². The third-order valence-corrected chi connectivity index (χ3v) is 3.22. The Morgan fingerprint density at radius 1 is 1.53 bits per heavy atom. The molecule has 0 saturated carbocycles. The minimum absolute atomic E-state index is 0.480. The molecule has 2 rings (SSSR count). The van der Waals surface area contributed by atoms with E-state index in [4.69, 9.17) is 4.74 Å². The molecule has 0 amide bonds. The number of hydrogen-bond acceptors (Lipinski definition) is 5. The molecule has 0 N–H and O–H groups in total. The van der Waals surface area contributed by atoms with Crippen molar-refractivity contribution in [1.82, 2.24) is 14.6 Å². The zero-order valence-corrected chi connectivity index (χ0v) is 10.4. The number of nitrogens with zero attached hydrogens (tertiary/aromatic N) is 3. The summed E-state index contributed by atoms with van der Waals surface area (Å²) in [5.41, 5.74) is 0.917. The van der Waals surface area contributed by atoms with E-state index in [1.807, 2.05) is 19.1 Å². The number of pyridine rings is 1. The third-order valence-electron chi connectivity index (χ3n) is 1.83. The zero-order chi connectivity index (χ0) is 10.7. The first-order valence-corrected chi connectivity index (χ1v) is 5.85. The van der Waals surface area contributed by atoms with Crippen LogP contribution in [0.2, 0.25) is 0 Å². The number of aromatic nitrogens is 3. The van der Waals surface area contributed by atoms with Crippen LogP contribution in [0.1, 0.15) is 10.6 Å². The van der Waals surface area contributed by atoms with Crippen LogP contribution in [-0.4, -0.2) is 14.6 Å². The molecule has 0 atom stereocenters. The topological polar surface area (TPSA) is 47.9 Å². The second-order valence-corrected chi connectivity index (χ2v) is 4.45. The van der Waals surface area contributed by atoms with Gasteiger partial charge in [0.1, 0.15) is 11.2 Å². The van der Waals surface area contributed by atoms with Crippen molar-refractivity contribution in [3.05, 3.63) is 33.5 Å². The minimum atomic E-state index is 0.480. The molecule has 0 aliphatic rings. The van der Waals surface area contributed by atoms with Crippen LogP contribution >= 0.6 is 27.5 Å². The standard InChI is InChI=1S/C9H8BrN3OS/c1-6-8(15-13-12-6)5-14-7-3-2-4-11-9(7)10/h2-4H,5H2,1H3. The molecule has 6 heteroatoms. The van der Waals surface area contributed by atoms with E-state index in [-0.39, 0.29) is 0 Å². The van der Waals surface area contributed by atoms with E-state index in [2.05, 4.69) is 30.5 Å². The number of aryl methyl sites for hydroxylation is 1. The molecule has 0 aliphatic heterocycles. The van der Waals surface area contributed by atoms with Gasteiger partial charge in [0.2, 0.25) is 0 Å². The van der Waals surface area contributed by atoms with Crippen LogP contribution in [0, 0.1) is 6.92 Å². The highest BCUT2D eigenvalue weighted by atomic mass is 79.9. The smallest absolute Gasteiger partial charge is 0.152 e. The molecule has 15 heavy (non-hydrogen) atoms. The number of ether oxygens (including phenoxy) is 1. The average molecular weight is 286 g/mol. The highest BCUT2D eigenvalue weighted by Gasteiger charge is 2.05. The predicted octanol–water partition coefficient (Wildman–Crippen LogP) is 2.58. The summed E-state index contributed by atoms with van der Waals surface area (Å²) < 4.78 is 10.1. The van der Waals surface area contributed by atoms with Gasteiger partial charge in [-0.1, -0.05) is 4.49 Å². The van der Waals surface area contributed by atoms with Crippen molar-refractivity contribution in [3.63, 3.8) is 0 Å². The van der Waals surface area contributed by atoms with Crippen LogP contribution in [0.5, 0.6) is 5.75 Å². The van der Waals surface area contributed by atoms with E-state index >= 15 is 0 Å². The largest absolute Gasteiger partial charge is 0.485 e. The van der Waals surface area contributed by atoms with Gasteiger partial charge >= 0.3 is 0 Å². The summed E-state index contributed by atoms with van der Waals surface area (Å²) >= 11 is 4.67. The second kappa shape index (κ2) is 4.67. The molecule has 2 heterocycles. The van der Waals surface area contributed by atoms with E-state index in [1.54, 1.807) is 6.20 Å². The monoisotopic (exact) mass is 285 g/mol. The number of halogens is 1. The van der Waals surface area contributed by atoms with Crippen molar-refractivity contribution in [3.8, 4) is 5.75 Å². The first kappa shape index (κ1) is 10.5. The number of rotatable bonds is 3. The van der Waals surface area contributed by atoms with Gasteiger partial charge in [0.05, 0.1) is 10.6 Å². The predicted molar refractivity (Wildman–Crippen MR) is 60.9 cm³/mol. The van der Waals surface area contributed by atoms with Crippen LogP contribution < -0.4 is 4.74 Å². The van der Waals surface area contributed by atoms with Crippen molar-refractivity contribution >= 4 is 27.5 Å². The number of hydrogen-bond donors (Lipinski definition) is 0. The van der Waals surface area contributed by atoms with Crippen LogP contribution in [0.3, 0.4) is 0 Å². The van der Waals surface area contributed by atoms with Crippen molar-refractivity contribution in [2.75, 3.05) is 0 Å². The first-order valence-electron chi connectivity index (χ1n) is 4.28. The lowest BCUT2D eigenvalue weighted by Gasteiger charge is -2.05. The van der Waals surface area contributed by atoms with E-state index in [0.717, 1.165) is 16.3 Å². The molecule has 0 bridgehead atoms. The van der Waals surface area contributed by atoms with Gasteiger partial charge in [-0.15, -0.1) is 5.10 Å². The Hall–Kier alpha value is -1.01. The Labute approximate surface area is 99.6 Å². The van der Waals surface area contributed by atoms with Gasteiger partial charge in [-0.2, -0.15) is 0 Å². The Balaban J connectivity index is 2.06. The molecule has 4 nitrogen and oxygen atoms in total. The molecule has 0 unspecified atom stereocenters. The van der Waals surface area contributed by atoms with Crippen molar-refractivity contribution < 1.29 is 4.74 Å². The lowest BCUT2D eigenvalue weighted by molar-refractivity contribution is 0.305. The second-order valence-electron chi connectivity index (χ2n) is 2.86. The van der Waals surface area contributed by atoms with Gasteiger partial charge in [0.25, 0.3) is 0 Å². The van der Waals surface area contributed by atoms with Crippen LogP contribution in [-0.2, 0) is 6.61 Å². The van der Waals surface area contributed by atoms with Crippen LogP contribution in [0.25, 0.3) is 0 Å². The van der Waals surface area contributed by atoms with Gasteiger partial charge in [0.15, 0.2) is 5.75 Å². The molecule has 0 aromatic carbocycles. The first-order chi connectivity index (χ1) is 7.27. The maximum absolute atomic E-state index is 5.58. The van der Waals surface area contributed by atoms with E-state index in [1.165, 1.54) is 11.5 Å². The fourth-order valence-electron chi connectivity index (χ4n) is 1.01. The fourth-order valence-corrected chi connectivity index (χ4v) is 1.92. The highest BCUT2D eigenvalue weighted by molar-refractivity contribution is 9.10. The highest BCUT2D eigenvalue weighted by Crippen LogP contribution is 2.23. The molecular formula is C9H8BrN3OS. The normalized spacial score (nSPS) is 10.3. The summed E-state index contributed by atoms with van der Waals surface area (Å²) in [4.78, 5) is 5.10. The maximum Gasteiger partial charge on any atom is 0.152 e. The third kappa shape index (κ3) is 2.51. The summed E-state index contributed by atoms with van der Waals surface area (Å²) in [6, 6.07) is 3.69. The van der Waals surface area contributed by atoms with E-state index in [0.29, 0.717) is 11.2 Å². The van der Waals surface area contributed by atoms with Gasteiger partial charge in [-0.25, -0.2) is 4.98 Å². The Morgan fingerprint density at radius 2 is 2.40 bits per heavy atom. The molecular weight excluding hydrogens is 278 g/mol. The molecule has 2 aromatic heterocycles. The molecule has 0 aliphatic carbocycles. The summed E-state index contributed by atoms with van der Waals surface area (Å²) in [6.45, 7) is 2.40.